The van der Waals surface area contributed by atoms with Crippen molar-refractivity contribution in [1.29, 1.82) is 0 Å². The molecule has 0 bridgehead atoms. The monoisotopic (exact) mass is 355 g/mol. The predicted molar refractivity (Wildman–Crippen MR) is 82.7 cm³/mol. The van der Waals surface area contributed by atoms with Gasteiger partial charge in [0.15, 0.2) is 0 Å². The highest BCUT2D eigenvalue weighted by Crippen LogP contribution is 2.24. The molecule has 2 rings (SSSR count). The zero-order chi connectivity index (χ0) is 13.1. The zero-order valence-corrected chi connectivity index (χ0v) is 13.0. The summed E-state index contributed by atoms with van der Waals surface area (Å²) < 4.78 is 3.32. The Morgan fingerprint density at radius 2 is 2.06 bits per heavy atom. The highest BCUT2D eigenvalue weighted by Gasteiger charge is 2.17. The van der Waals surface area contributed by atoms with Gasteiger partial charge in [-0.3, -0.25) is 4.68 Å². The molecule has 96 valence electrons. The van der Waals surface area contributed by atoms with E-state index in [1.54, 1.807) is 0 Å². The molecule has 1 unspecified atom stereocenters. The fourth-order valence-corrected chi connectivity index (χ4v) is 2.72. The minimum atomic E-state index is 0.185. The molecule has 0 spiro atoms. The molecule has 1 aromatic heterocycles. The number of hydrogen-bond donors (Lipinski definition) is 1. The van der Waals surface area contributed by atoms with Crippen molar-refractivity contribution in [2.75, 3.05) is 7.05 Å². The van der Waals surface area contributed by atoms with E-state index in [9.17, 15) is 0 Å². The quantitative estimate of drug-likeness (QED) is 0.853. The van der Waals surface area contributed by atoms with Crippen LogP contribution in [0.4, 0.5) is 0 Å². The molecule has 0 radical (unpaired) electrons. The molecule has 2 aromatic rings. The van der Waals surface area contributed by atoms with Gasteiger partial charge in [0.1, 0.15) is 0 Å². The van der Waals surface area contributed by atoms with E-state index in [1.807, 2.05) is 13.2 Å². The SMILES string of the molecule is CNC(c1cccc(I)c1)c1ccnn1C(C)C. The van der Waals surface area contributed by atoms with E-state index in [4.69, 9.17) is 0 Å². The molecule has 1 aromatic carbocycles. The number of halogens is 1. The molecule has 4 heteroatoms. The smallest absolute Gasteiger partial charge is 0.0746 e. The molecule has 0 amide bonds. The Hall–Kier alpha value is -0.880. The van der Waals surface area contributed by atoms with E-state index in [0.29, 0.717) is 6.04 Å². The van der Waals surface area contributed by atoms with Gasteiger partial charge < -0.3 is 5.32 Å². The van der Waals surface area contributed by atoms with Crippen LogP contribution in [0.3, 0.4) is 0 Å². The van der Waals surface area contributed by atoms with Crippen molar-refractivity contribution in [3.63, 3.8) is 0 Å². The number of hydrogen-bond acceptors (Lipinski definition) is 2. The molecule has 1 N–H and O–H groups in total. The molecule has 0 aliphatic rings. The van der Waals surface area contributed by atoms with Crippen LogP contribution >= 0.6 is 22.6 Å². The van der Waals surface area contributed by atoms with Crippen molar-refractivity contribution >= 4 is 22.6 Å². The van der Waals surface area contributed by atoms with Crippen LogP contribution in [0.25, 0.3) is 0 Å². The molecule has 0 saturated carbocycles. The molecule has 3 nitrogen and oxygen atoms in total. The van der Waals surface area contributed by atoms with Crippen LogP contribution in [0.2, 0.25) is 0 Å². The molecule has 0 aliphatic heterocycles. The molecule has 0 aliphatic carbocycles. The van der Waals surface area contributed by atoms with Crippen molar-refractivity contribution in [3.8, 4) is 0 Å². The molecule has 1 heterocycles. The first-order chi connectivity index (χ1) is 8.63. The molecule has 0 fully saturated rings. The van der Waals surface area contributed by atoms with E-state index in [-0.39, 0.29) is 6.04 Å². The first kappa shape index (κ1) is 13.5. The van der Waals surface area contributed by atoms with Gasteiger partial charge in [0.05, 0.1) is 11.7 Å². The van der Waals surface area contributed by atoms with Crippen molar-refractivity contribution in [2.45, 2.75) is 25.9 Å². The Bertz CT molecular complexity index is 519. The summed E-state index contributed by atoms with van der Waals surface area (Å²) in [7, 11) is 1.99. The van der Waals surface area contributed by atoms with E-state index in [0.717, 1.165) is 0 Å². The molecule has 0 saturated heterocycles. The maximum atomic E-state index is 4.41. The summed E-state index contributed by atoms with van der Waals surface area (Å²) in [5.74, 6) is 0. The summed E-state index contributed by atoms with van der Waals surface area (Å²) in [6, 6.07) is 11.2. The normalized spacial score (nSPS) is 12.9. The number of rotatable bonds is 4. The average molecular weight is 355 g/mol. The summed E-state index contributed by atoms with van der Waals surface area (Å²) in [6.07, 6.45) is 1.87. The minimum absolute atomic E-state index is 0.185. The first-order valence-electron chi connectivity index (χ1n) is 6.09. The van der Waals surface area contributed by atoms with Gasteiger partial charge in [0.2, 0.25) is 0 Å². The summed E-state index contributed by atoms with van der Waals surface area (Å²) >= 11 is 2.34. The van der Waals surface area contributed by atoms with Crippen molar-refractivity contribution < 1.29 is 0 Å². The fourth-order valence-electron chi connectivity index (χ4n) is 2.16. The van der Waals surface area contributed by atoms with Gasteiger partial charge in [-0.15, -0.1) is 0 Å². The van der Waals surface area contributed by atoms with Crippen LogP contribution in [0, 0.1) is 3.57 Å². The van der Waals surface area contributed by atoms with Gasteiger partial charge in [-0.2, -0.15) is 5.10 Å². The lowest BCUT2D eigenvalue weighted by atomic mass is 10.0. The van der Waals surface area contributed by atoms with Crippen molar-refractivity contribution in [2.24, 2.45) is 0 Å². The van der Waals surface area contributed by atoms with E-state index in [2.05, 4.69) is 81.9 Å². The second-order valence-corrected chi connectivity index (χ2v) is 5.82. The predicted octanol–water partition coefficient (Wildman–Crippen LogP) is 3.38. The van der Waals surface area contributed by atoms with Gasteiger partial charge in [0.25, 0.3) is 0 Å². The lowest BCUT2D eigenvalue weighted by molar-refractivity contribution is 0.484. The van der Waals surface area contributed by atoms with Crippen LogP contribution < -0.4 is 5.32 Å². The van der Waals surface area contributed by atoms with Crippen LogP contribution in [0.15, 0.2) is 36.5 Å². The van der Waals surface area contributed by atoms with E-state index in [1.165, 1.54) is 14.8 Å². The third-order valence-corrected chi connectivity index (χ3v) is 3.63. The molecule has 18 heavy (non-hydrogen) atoms. The number of nitrogens with zero attached hydrogens (tertiary/aromatic N) is 2. The summed E-state index contributed by atoms with van der Waals surface area (Å²) in [6.45, 7) is 4.30. The Labute approximate surface area is 122 Å². The van der Waals surface area contributed by atoms with Gasteiger partial charge in [-0.25, -0.2) is 0 Å². The Morgan fingerprint density at radius 1 is 1.28 bits per heavy atom. The maximum absolute atomic E-state index is 4.41. The summed E-state index contributed by atoms with van der Waals surface area (Å²) in [5, 5.41) is 7.79. The number of nitrogens with one attached hydrogen (secondary N) is 1. The van der Waals surface area contributed by atoms with E-state index < -0.39 is 0 Å². The topological polar surface area (TPSA) is 29.9 Å². The second kappa shape index (κ2) is 5.84. The maximum Gasteiger partial charge on any atom is 0.0746 e. The summed E-state index contributed by atoms with van der Waals surface area (Å²) in [4.78, 5) is 0. The number of benzene rings is 1. The largest absolute Gasteiger partial charge is 0.308 e. The lowest BCUT2D eigenvalue weighted by Gasteiger charge is -2.20. The molecule has 1 atom stereocenters. The third-order valence-electron chi connectivity index (χ3n) is 2.96. The van der Waals surface area contributed by atoms with Gasteiger partial charge in [-0.1, -0.05) is 12.1 Å². The Morgan fingerprint density at radius 3 is 2.67 bits per heavy atom. The molecular weight excluding hydrogens is 337 g/mol. The number of aromatic nitrogens is 2. The van der Waals surface area contributed by atoms with Crippen LogP contribution in [0.1, 0.15) is 37.2 Å². The van der Waals surface area contributed by atoms with Crippen LogP contribution in [-0.4, -0.2) is 16.8 Å². The lowest BCUT2D eigenvalue weighted by Crippen LogP contribution is -2.22. The second-order valence-electron chi connectivity index (χ2n) is 4.57. The zero-order valence-electron chi connectivity index (χ0n) is 10.9. The average Bonchev–Trinajstić information content (AvgIpc) is 2.79. The van der Waals surface area contributed by atoms with Gasteiger partial charge in [-0.05, 0) is 67.2 Å². The first-order valence-corrected chi connectivity index (χ1v) is 7.17. The van der Waals surface area contributed by atoms with Crippen LogP contribution in [0.5, 0.6) is 0 Å². The molecular formula is C14H18IN3. The van der Waals surface area contributed by atoms with Crippen molar-refractivity contribution in [3.05, 3.63) is 51.4 Å². The minimum Gasteiger partial charge on any atom is -0.308 e. The standard InChI is InChI=1S/C14H18IN3/c1-10(2)18-13(7-8-17-18)14(16-3)11-5-4-6-12(15)9-11/h4-10,14,16H,1-3H3. The summed E-state index contributed by atoms with van der Waals surface area (Å²) in [5.41, 5.74) is 2.47. The highest BCUT2D eigenvalue weighted by molar-refractivity contribution is 14.1. The van der Waals surface area contributed by atoms with Gasteiger partial charge >= 0.3 is 0 Å². The van der Waals surface area contributed by atoms with Crippen LogP contribution in [-0.2, 0) is 0 Å². The van der Waals surface area contributed by atoms with E-state index >= 15 is 0 Å². The fraction of sp³-hybridized carbons (Fsp3) is 0.357. The Balaban J connectivity index is 2.42. The van der Waals surface area contributed by atoms with Crippen molar-refractivity contribution in [1.82, 2.24) is 15.1 Å². The Kier molecular flexibility index (Phi) is 4.40. The highest BCUT2D eigenvalue weighted by atomic mass is 127. The van der Waals surface area contributed by atoms with Gasteiger partial charge in [0, 0.05) is 15.8 Å². The third kappa shape index (κ3) is 2.75.